The SMILES string of the molecule is N#CC1=C(c2ccccc2)NC(c2cccc(C3NC(c4ccccc4)=C(C=N)N3N)c2)N1N. The molecule has 7 N–H and O–H groups in total. The molecule has 0 aliphatic carbocycles. The minimum atomic E-state index is -0.416. The lowest BCUT2D eigenvalue weighted by Crippen LogP contribution is -2.36. The molecule has 0 saturated heterocycles. The van der Waals surface area contributed by atoms with E-state index in [1.807, 2.05) is 84.9 Å². The zero-order valence-corrected chi connectivity index (χ0v) is 18.3. The molecule has 3 aromatic rings. The minimum absolute atomic E-state index is 0.364. The third-order valence-electron chi connectivity index (χ3n) is 6.06. The van der Waals surface area contributed by atoms with Crippen LogP contribution in [0.4, 0.5) is 0 Å². The Morgan fingerprint density at radius 3 is 1.85 bits per heavy atom. The maximum absolute atomic E-state index is 9.76. The highest BCUT2D eigenvalue weighted by atomic mass is 15.5. The van der Waals surface area contributed by atoms with Crippen LogP contribution in [-0.4, -0.2) is 16.2 Å². The lowest BCUT2D eigenvalue weighted by Gasteiger charge is -2.26. The van der Waals surface area contributed by atoms with Gasteiger partial charge in [0.05, 0.1) is 17.1 Å². The van der Waals surface area contributed by atoms with Crippen molar-refractivity contribution >= 4 is 17.6 Å². The molecule has 2 atom stereocenters. The summed E-state index contributed by atoms with van der Waals surface area (Å²) < 4.78 is 0. The molecule has 8 heteroatoms. The molecule has 34 heavy (non-hydrogen) atoms. The Labute approximate surface area is 197 Å². The molecule has 168 valence electrons. The lowest BCUT2D eigenvalue weighted by molar-refractivity contribution is 0.274. The second kappa shape index (κ2) is 8.75. The maximum atomic E-state index is 9.76. The third-order valence-corrected chi connectivity index (χ3v) is 6.06. The number of nitrogens with zero attached hydrogens (tertiary/aromatic N) is 3. The van der Waals surface area contributed by atoms with Crippen LogP contribution in [0.1, 0.15) is 34.6 Å². The Hall–Kier alpha value is -4.58. The van der Waals surface area contributed by atoms with E-state index >= 15 is 0 Å². The molecule has 0 spiro atoms. The van der Waals surface area contributed by atoms with Gasteiger partial charge in [0.2, 0.25) is 0 Å². The van der Waals surface area contributed by atoms with Crippen molar-refractivity contribution in [3.05, 3.63) is 119 Å². The number of hydrazine groups is 2. The van der Waals surface area contributed by atoms with E-state index in [1.165, 1.54) is 11.2 Å². The molecule has 0 saturated carbocycles. The highest BCUT2D eigenvalue weighted by molar-refractivity contribution is 5.89. The van der Waals surface area contributed by atoms with E-state index in [2.05, 4.69) is 16.7 Å². The molecular formula is C26H24N8. The fourth-order valence-corrected chi connectivity index (χ4v) is 4.39. The first-order valence-corrected chi connectivity index (χ1v) is 10.8. The molecule has 0 aromatic heterocycles. The molecule has 2 aliphatic heterocycles. The number of rotatable bonds is 5. The average Bonchev–Trinajstić information content (AvgIpc) is 3.41. The van der Waals surface area contributed by atoms with Crippen molar-refractivity contribution in [2.45, 2.75) is 12.3 Å². The van der Waals surface area contributed by atoms with Crippen molar-refractivity contribution in [1.29, 1.82) is 10.7 Å². The number of nitrogens with two attached hydrogens (primary N) is 2. The summed E-state index contributed by atoms with van der Waals surface area (Å²) in [6.07, 6.45) is 0.478. The second-order valence-corrected chi connectivity index (χ2v) is 8.05. The van der Waals surface area contributed by atoms with Crippen LogP contribution in [0.2, 0.25) is 0 Å². The van der Waals surface area contributed by atoms with Gasteiger partial charge in [-0.3, -0.25) is 10.0 Å². The Morgan fingerprint density at radius 2 is 1.29 bits per heavy atom. The van der Waals surface area contributed by atoms with Crippen molar-refractivity contribution in [2.75, 3.05) is 0 Å². The lowest BCUT2D eigenvalue weighted by atomic mass is 10.1. The van der Waals surface area contributed by atoms with Gasteiger partial charge in [0.15, 0.2) is 5.70 Å². The van der Waals surface area contributed by atoms with Gasteiger partial charge in [0, 0.05) is 11.8 Å². The zero-order chi connectivity index (χ0) is 23.7. The molecule has 0 amide bonds. The van der Waals surface area contributed by atoms with Crippen LogP contribution in [0.3, 0.4) is 0 Å². The smallest absolute Gasteiger partial charge is 0.156 e. The van der Waals surface area contributed by atoms with Crippen molar-refractivity contribution in [1.82, 2.24) is 20.7 Å². The summed E-state index contributed by atoms with van der Waals surface area (Å²) in [6.45, 7) is 0. The monoisotopic (exact) mass is 448 g/mol. The van der Waals surface area contributed by atoms with Gasteiger partial charge >= 0.3 is 0 Å². The van der Waals surface area contributed by atoms with Gasteiger partial charge in [-0.25, -0.2) is 11.7 Å². The Morgan fingerprint density at radius 1 is 0.765 bits per heavy atom. The van der Waals surface area contributed by atoms with Crippen molar-refractivity contribution in [3.8, 4) is 6.07 Å². The number of benzene rings is 3. The molecule has 3 aromatic carbocycles. The van der Waals surface area contributed by atoms with E-state index in [1.54, 1.807) is 5.01 Å². The summed E-state index contributed by atoms with van der Waals surface area (Å²) in [5.74, 6) is 12.8. The molecular weight excluding hydrogens is 424 g/mol. The number of nitriles is 1. The van der Waals surface area contributed by atoms with E-state index in [0.29, 0.717) is 17.1 Å². The first-order chi connectivity index (χ1) is 16.6. The average molecular weight is 449 g/mol. The summed E-state index contributed by atoms with van der Waals surface area (Å²) in [6, 6.07) is 29.6. The first kappa shape index (κ1) is 21.3. The fourth-order valence-electron chi connectivity index (χ4n) is 4.39. The molecule has 0 fully saturated rings. The Bertz CT molecular complexity index is 1320. The second-order valence-electron chi connectivity index (χ2n) is 8.05. The van der Waals surface area contributed by atoms with Crippen LogP contribution in [0, 0.1) is 16.7 Å². The van der Waals surface area contributed by atoms with Crippen LogP contribution >= 0.6 is 0 Å². The van der Waals surface area contributed by atoms with Gasteiger partial charge < -0.3 is 16.0 Å². The maximum Gasteiger partial charge on any atom is 0.156 e. The number of hydrogen-bond acceptors (Lipinski definition) is 8. The van der Waals surface area contributed by atoms with E-state index in [9.17, 15) is 5.26 Å². The van der Waals surface area contributed by atoms with Crippen LogP contribution in [0.5, 0.6) is 0 Å². The quantitative estimate of drug-likeness (QED) is 0.299. The third kappa shape index (κ3) is 3.55. The van der Waals surface area contributed by atoms with Crippen LogP contribution in [0.15, 0.2) is 96.3 Å². The van der Waals surface area contributed by atoms with Crippen molar-refractivity contribution in [3.63, 3.8) is 0 Å². The predicted molar refractivity (Wildman–Crippen MR) is 131 cm³/mol. The largest absolute Gasteiger partial charge is 0.358 e. The van der Waals surface area contributed by atoms with Crippen LogP contribution < -0.4 is 22.3 Å². The molecule has 0 bridgehead atoms. The number of hydrogen-bond donors (Lipinski definition) is 5. The first-order valence-electron chi connectivity index (χ1n) is 10.8. The summed E-state index contributed by atoms with van der Waals surface area (Å²) in [5, 5.41) is 27.5. The van der Waals surface area contributed by atoms with Crippen molar-refractivity contribution in [2.24, 2.45) is 11.7 Å². The topological polar surface area (TPSA) is 130 Å². The van der Waals surface area contributed by atoms with E-state index in [4.69, 9.17) is 17.1 Å². The molecule has 2 aliphatic rings. The van der Waals surface area contributed by atoms with E-state index in [-0.39, 0.29) is 6.17 Å². The van der Waals surface area contributed by atoms with Crippen LogP contribution in [-0.2, 0) is 0 Å². The van der Waals surface area contributed by atoms with Gasteiger partial charge in [-0.1, -0.05) is 78.9 Å². The highest BCUT2D eigenvalue weighted by Gasteiger charge is 2.34. The fraction of sp³-hybridized carbons (Fsp3) is 0.0769. The van der Waals surface area contributed by atoms with E-state index < -0.39 is 6.17 Å². The van der Waals surface area contributed by atoms with Gasteiger partial charge in [0.1, 0.15) is 18.4 Å². The number of nitrogens with one attached hydrogen (secondary N) is 3. The zero-order valence-electron chi connectivity index (χ0n) is 18.3. The van der Waals surface area contributed by atoms with Gasteiger partial charge in [-0.2, -0.15) is 5.26 Å². The normalized spacial score (nSPS) is 19.7. The summed E-state index contributed by atoms with van der Waals surface area (Å²) >= 11 is 0. The van der Waals surface area contributed by atoms with Crippen molar-refractivity contribution < 1.29 is 0 Å². The minimum Gasteiger partial charge on any atom is -0.358 e. The number of allylic oxidation sites excluding steroid dienone is 2. The van der Waals surface area contributed by atoms with E-state index in [0.717, 1.165) is 28.0 Å². The Kier molecular flexibility index (Phi) is 5.47. The van der Waals surface area contributed by atoms with Gasteiger partial charge in [0.25, 0.3) is 0 Å². The van der Waals surface area contributed by atoms with Gasteiger partial charge in [-0.15, -0.1) is 0 Å². The summed E-state index contributed by atoms with van der Waals surface area (Å²) in [7, 11) is 0. The predicted octanol–water partition coefficient (Wildman–Crippen LogP) is 3.15. The molecule has 8 nitrogen and oxygen atoms in total. The molecule has 5 rings (SSSR count). The molecule has 0 radical (unpaired) electrons. The highest BCUT2D eigenvalue weighted by Crippen LogP contribution is 2.36. The Balaban J connectivity index is 1.44. The molecule has 2 heterocycles. The molecule has 2 unspecified atom stereocenters. The summed E-state index contributed by atoms with van der Waals surface area (Å²) in [4.78, 5) is 0. The summed E-state index contributed by atoms with van der Waals surface area (Å²) in [5.41, 5.74) is 6.11. The van der Waals surface area contributed by atoms with Gasteiger partial charge in [-0.05, 0) is 22.8 Å². The van der Waals surface area contributed by atoms with Crippen LogP contribution in [0.25, 0.3) is 11.4 Å². The standard InChI is InChI=1S/C26H24N8/c27-15-21-23(17-8-3-1-4-9-17)31-25(33(21)29)19-12-7-13-20(14-19)26-32-24(22(16-28)34(26)30)18-10-5-2-6-11-18/h1-15,25-27,31-32H,29-30H2.